The van der Waals surface area contributed by atoms with Gasteiger partial charge in [-0.1, -0.05) is 28.1 Å². The highest BCUT2D eigenvalue weighted by molar-refractivity contribution is 9.10. The Balaban J connectivity index is 1.69. The van der Waals surface area contributed by atoms with Crippen LogP contribution in [0.5, 0.6) is 17.2 Å². The summed E-state index contributed by atoms with van der Waals surface area (Å²) in [6.45, 7) is 2.64. The Morgan fingerprint density at radius 1 is 1.09 bits per heavy atom. The van der Waals surface area contributed by atoms with Crippen LogP contribution in [0.25, 0.3) is 0 Å². The average Bonchev–Trinajstić information content (AvgIpc) is 2.83. The van der Waals surface area contributed by atoms with Crippen molar-refractivity contribution in [1.29, 1.82) is 5.26 Å². The van der Waals surface area contributed by atoms with Gasteiger partial charge in [0, 0.05) is 4.47 Å². The first kappa shape index (κ1) is 23.8. The Hall–Kier alpha value is -3.83. The van der Waals surface area contributed by atoms with E-state index in [9.17, 15) is 4.79 Å². The molecule has 0 unspecified atom stereocenters. The minimum Gasteiger partial charge on any atom is -0.496 e. The molecule has 168 valence electrons. The summed E-state index contributed by atoms with van der Waals surface area (Å²) in [5.74, 6) is 1.18. The predicted molar refractivity (Wildman–Crippen MR) is 129 cm³/mol. The zero-order chi connectivity index (χ0) is 23.6. The van der Waals surface area contributed by atoms with Gasteiger partial charge in [-0.2, -0.15) is 10.4 Å². The van der Waals surface area contributed by atoms with Crippen molar-refractivity contribution >= 4 is 28.1 Å². The standard InChI is InChI=1S/C25H22BrN3O4/c1-3-32-24-12-18(7-9-23(24)33-16-19-6-4-5-17(11-19)14-27)15-28-29-25(30)21-13-20(26)8-10-22(21)31-2/h4-13,15H,3,16H2,1-2H3,(H,29,30)/b28-15-. The third kappa shape index (κ3) is 6.57. The second kappa shape index (κ2) is 11.7. The van der Waals surface area contributed by atoms with Gasteiger partial charge in [0.25, 0.3) is 5.91 Å². The van der Waals surface area contributed by atoms with E-state index in [0.717, 1.165) is 15.6 Å². The van der Waals surface area contributed by atoms with Gasteiger partial charge in [0.2, 0.25) is 0 Å². The summed E-state index contributed by atoms with van der Waals surface area (Å²) in [6.07, 6.45) is 1.52. The molecular weight excluding hydrogens is 486 g/mol. The van der Waals surface area contributed by atoms with E-state index >= 15 is 0 Å². The van der Waals surface area contributed by atoms with E-state index in [0.29, 0.717) is 41.6 Å². The normalized spacial score (nSPS) is 10.5. The van der Waals surface area contributed by atoms with Crippen LogP contribution >= 0.6 is 15.9 Å². The molecule has 0 saturated heterocycles. The number of hydrogen-bond acceptors (Lipinski definition) is 6. The third-order valence-corrected chi connectivity index (χ3v) is 5.00. The molecule has 0 aliphatic rings. The number of nitriles is 1. The molecule has 0 heterocycles. The number of ether oxygens (including phenoxy) is 3. The van der Waals surface area contributed by atoms with Gasteiger partial charge in [0.1, 0.15) is 12.4 Å². The Bertz CT molecular complexity index is 1200. The molecular formula is C25H22BrN3O4. The van der Waals surface area contributed by atoms with E-state index in [1.165, 1.54) is 13.3 Å². The van der Waals surface area contributed by atoms with E-state index in [1.54, 1.807) is 48.5 Å². The van der Waals surface area contributed by atoms with Crippen LogP contribution in [0.4, 0.5) is 0 Å². The van der Waals surface area contributed by atoms with E-state index in [4.69, 9.17) is 19.5 Å². The van der Waals surface area contributed by atoms with Crippen molar-refractivity contribution in [3.05, 3.63) is 87.4 Å². The van der Waals surface area contributed by atoms with E-state index in [2.05, 4.69) is 32.5 Å². The molecule has 0 spiro atoms. The summed E-state index contributed by atoms with van der Waals surface area (Å²) in [5, 5.41) is 13.1. The summed E-state index contributed by atoms with van der Waals surface area (Å²) < 4.78 is 17.6. The molecule has 3 aromatic rings. The van der Waals surface area contributed by atoms with Crippen molar-refractivity contribution in [2.24, 2.45) is 5.10 Å². The fourth-order valence-electron chi connectivity index (χ4n) is 2.97. The number of nitrogens with one attached hydrogen (secondary N) is 1. The van der Waals surface area contributed by atoms with E-state index < -0.39 is 5.91 Å². The van der Waals surface area contributed by atoms with Crippen LogP contribution in [0.2, 0.25) is 0 Å². The second-order valence-electron chi connectivity index (χ2n) is 6.78. The van der Waals surface area contributed by atoms with Gasteiger partial charge in [-0.15, -0.1) is 0 Å². The minimum atomic E-state index is -0.394. The summed E-state index contributed by atoms with van der Waals surface area (Å²) in [4.78, 5) is 12.5. The molecule has 3 rings (SSSR count). The highest BCUT2D eigenvalue weighted by atomic mass is 79.9. The van der Waals surface area contributed by atoms with Gasteiger partial charge in [0.15, 0.2) is 11.5 Å². The number of carbonyl (C=O) groups is 1. The first-order valence-corrected chi connectivity index (χ1v) is 10.9. The fourth-order valence-corrected chi connectivity index (χ4v) is 3.33. The summed E-state index contributed by atoms with van der Waals surface area (Å²) in [7, 11) is 1.50. The smallest absolute Gasteiger partial charge is 0.275 e. The Morgan fingerprint density at radius 2 is 1.91 bits per heavy atom. The monoisotopic (exact) mass is 507 g/mol. The summed E-state index contributed by atoms with van der Waals surface area (Å²) in [6, 6.07) is 19.9. The van der Waals surface area contributed by atoms with E-state index in [-0.39, 0.29) is 0 Å². The van der Waals surface area contributed by atoms with E-state index in [1.807, 2.05) is 19.1 Å². The number of amides is 1. The van der Waals surface area contributed by atoms with Crippen LogP contribution in [0, 0.1) is 11.3 Å². The summed E-state index contributed by atoms with van der Waals surface area (Å²) >= 11 is 3.35. The molecule has 0 saturated carbocycles. The highest BCUT2D eigenvalue weighted by Crippen LogP contribution is 2.29. The lowest BCUT2D eigenvalue weighted by molar-refractivity contribution is 0.0952. The molecule has 33 heavy (non-hydrogen) atoms. The number of hydrazone groups is 1. The average molecular weight is 508 g/mol. The van der Waals surface area contributed by atoms with Crippen molar-refractivity contribution in [3.8, 4) is 23.3 Å². The first-order chi connectivity index (χ1) is 16.0. The maximum absolute atomic E-state index is 12.5. The first-order valence-electron chi connectivity index (χ1n) is 10.1. The highest BCUT2D eigenvalue weighted by Gasteiger charge is 2.12. The molecule has 0 atom stereocenters. The zero-order valence-electron chi connectivity index (χ0n) is 18.2. The zero-order valence-corrected chi connectivity index (χ0v) is 19.8. The quantitative estimate of drug-likeness (QED) is 0.322. The van der Waals surface area contributed by atoms with Crippen molar-refractivity contribution < 1.29 is 19.0 Å². The van der Waals surface area contributed by atoms with Crippen molar-refractivity contribution in [2.45, 2.75) is 13.5 Å². The molecule has 0 aliphatic carbocycles. The Labute approximate surface area is 200 Å². The number of halogens is 1. The van der Waals surface area contributed by atoms with Crippen LogP contribution in [0.1, 0.15) is 34.0 Å². The molecule has 1 amide bonds. The summed E-state index contributed by atoms with van der Waals surface area (Å²) in [5.41, 5.74) is 5.05. The maximum atomic E-state index is 12.5. The van der Waals surface area contributed by atoms with Gasteiger partial charge < -0.3 is 14.2 Å². The molecule has 0 bridgehead atoms. The number of benzene rings is 3. The molecule has 3 aromatic carbocycles. The molecule has 8 heteroatoms. The van der Waals surface area contributed by atoms with Gasteiger partial charge in [0.05, 0.1) is 37.1 Å². The second-order valence-corrected chi connectivity index (χ2v) is 7.70. The fraction of sp³-hybridized carbons (Fsp3) is 0.160. The SMILES string of the molecule is CCOc1cc(/C=N\NC(=O)c2cc(Br)ccc2OC)ccc1OCc1cccc(C#N)c1. The molecule has 0 radical (unpaired) electrons. The number of rotatable bonds is 9. The number of hydrogen-bond donors (Lipinski definition) is 1. The maximum Gasteiger partial charge on any atom is 0.275 e. The van der Waals surface area contributed by atoms with Crippen molar-refractivity contribution in [1.82, 2.24) is 5.43 Å². The van der Waals surface area contributed by atoms with Gasteiger partial charge in [-0.25, -0.2) is 5.43 Å². The topological polar surface area (TPSA) is 92.9 Å². The lowest BCUT2D eigenvalue weighted by Gasteiger charge is -2.13. The number of methoxy groups -OCH3 is 1. The Kier molecular flexibility index (Phi) is 8.44. The largest absolute Gasteiger partial charge is 0.496 e. The molecule has 7 nitrogen and oxygen atoms in total. The van der Waals surface area contributed by atoms with Crippen LogP contribution in [-0.4, -0.2) is 25.8 Å². The van der Waals surface area contributed by atoms with Gasteiger partial charge in [-0.05, 0) is 66.6 Å². The molecule has 1 N–H and O–H groups in total. The van der Waals surface area contributed by atoms with Crippen LogP contribution in [0.15, 0.2) is 70.2 Å². The van der Waals surface area contributed by atoms with Crippen LogP contribution in [0.3, 0.4) is 0 Å². The van der Waals surface area contributed by atoms with Crippen molar-refractivity contribution in [3.63, 3.8) is 0 Å². The lowest BCUT2D eigenvalue weighted by atomic mass is 10.1. The molecule has 0 aliphatic heterocycles. The van der Waals surface area contributed by atoms with Gasteiger partial charge in [-0.3, -0.25) is 4.79 Å². The third-order valence-electron chi connectivity index (χ3n) is 4.50. The molecule has 0 fully saturated rings. The van der Waals surface area contributed by atoms with Crippen LogP contribution in [-0.2, 0) is 6.61 Å². The molecule has 0 aromatic heterocycles. The van der Waals surface area contributed by atoms with Crippen molar-refractivity contribution in [2.75, 3.05) is 13.7 Å². The van der Waals surface area contributed by atoms with Gasteiger partial charge >= 0.3 is 0 Å². The minimum absolute atomic E-state index is 0.299. The Morgan fingerprint density at radius 3 is 2.67 bits per heavy atom. The predicted octanol–water partition coefficient (Wildman–Crippen LogP) is 5.07. The lowest BCUT2D eigenvalue weighted by Crippen LogP contribution is -2.18. The number of carbonyl (C=O) groups excluding carboxylic acids is 1. The number of nitrogens with zero attached hydrogens (tertiary/aromatic N) is 2. The van der Waals surface area contributed by atoms with Crippen LogP contribution < -0.4 is 19.6 Å².